The maximum atomic E-state index is 9.59. The van der Waals surface area contributed by atoms with Gasteiger partial charge in [-0.05, 0) is 37.3 Å². The molecule has 0 radical (unpaired) electrons. The Morgan fingerprint density at radius 2 is 2.32 bits per heavy atom. The van der Waals surface area contributed by atoms with Gasteiger partial charge in [0.1, 0.15) is 0 Å². The van der Waals surface area contributed by atoms with Crippen LogP contribution in [0, 0.1) is 22.7 Å². The number of hydrogen-bond donors (Lipinski definition) is 0. The summed E-state index contributed by atoms with van der Waals surface area (Å²) in [5.41, 5.74) is 0.912. The normalized spacial score (nSPS) is 26.6. The maximum absolute atomic E-state index is 9.59. The van der Waals surface area contributed by atoms with Crippen molar-refractivity contribution in [3.8, 4) is 6.07 Å². The highest BCUT2D eigenvalue weighted by molar-refractivity contribution is 7.18. The summed E-state index contributed by atoms with van der Waals surface area (Å²) in [5.74, 6) is 0.731. The molecular weight excluding hydrogens is 252 g/mol. The van der Waals surface area contributed by atoms with E-state index in [0.717, 1.165) is 35.7 Å². The van der Waals surface area contributed by atoms with Crippen LogP contribution in [0.2, 0.25) is 0 Å². The van der Waals surface area contributed by atoms with Crippen molar-refractivity contribution in [2.24, 2.45) is 11.3 Å². The van der Waals surface area contributed by atoms with Crippen LogP contribution in [0.15, 0.2) is 24.3 Å². The molecule has 0 spiro atoms. The van der Waals surface area contributed by atoms with Crippen molar-refractivity contribution in [2.75, 3.05) is 0 Å². The van der Waals surface area contributed by atoms with Gasteiger partial charge in [-0.2, -0.15) is 5.26 Å². The molecule has 1 saturated carbocycles. The van der Waals surface area contributed by atoms with Crippen molar-refractivity contribution in [1.29, 1.82) is 5.26 Å². The van der Waals surface area contributed by atoms with Crippen LogP contribution in [0.5, 0.6) is 0 Å². The van der Waals surface area contributed by atoms with Gasteiger partial charge in [-0.15, -0.1) is 11.3 Å². The van der Waals surface area contributed by atoms with E-state index in [1.807, 2.05) is 12.1 Å². The van der Waals surface area contributed by atoms with Crippen molar-refractivity contribution < 1.29 is 0 Å². The van der Waals surface area contributed by atoms with E-state index in [1.54, 1.807) is 11.3 Å². The van der Waals surface area contributed by atoms with E-state index in [0.29, 0.717) is 0 Å². The lowest BCUT2D eigenvalue weighted by molar-refractivity contribution is 0.380. The lowest BCUT2D eigenvalue weighted by atomic mass is 9.83. The van der Waals surface area contributed by atoms with Gasteiger partial charge in [0.2, 0.25) is 0 Å². The lowest BCUT2D eigenvalue weighted by Gasteiger charge is -2.19. The smallest absolute Gasteiger partial charge is 0.0954 e. The van der Waals surface area contributed by atoms with Crippen molar-refractivity contribution >= 4 is 21.6 Å². The van der Waals surface area contributed by atoms with Crippen LogP contribution in [-0.2, 0) is 6.42 Å². The zero-order valence-electron chi connectivity index (χ0n) is 11.2. The summed E-state index contributed by atoms with van der Waals surface area (Å²) in [6.45, 7) is 2.23. The molecule has 98 valence electrons. The topological polar surface area (TPSA) is 36.7 Å². The Labute approximate surface area is 118 Å². The number of hydrogen-bond acceptors (Lipinski definition) is 3. The minimum Gasteiger partial charge on any atom is -0.241 e. The highest BCUT2D eigenvalue weighted by Gasteiger charge is 2.39. The maximum Gasteiger partial charge on any atom is 0.0954 e. The van der Waals surface area contributed by atoms with Crippen LogP contribution in [-0.4, -0.2) is 4.98 Å². The van der Waals surface area contributed by atoms with Gasteiger partial charge >= 0.3 is 0 Å². The van der Waals surface area contributed by atoms with Crippen molar-refractivity contribution in [1.82, 2.24) is 4.98 Å². The third-order valence-corrected chi connectivity index (χ3v) is 5.39. The Hall–Kier alpha value is -1.40. The second kappa shape index (κ2) is 4.94. The first kappa shape index (κ1) is 12.6. The molecule has 1 aromatic carbocycles. The van der Waals surface area contributed by atoms with Crippen molar-refractivity contribution in [2.45, 2.75) is 39.0 Å². The predicted octanol–water partition coefficient (Wildman–Crippen LogP) is 4.56. The van der Waals surface area contributed by atoms with Gasteiger partial charge in [0.05, 0.1) is 26.7 Å². The van der Waals surface area contributed by atoms with Gasteiger partial charge in [-0.25, -0.2) is 4.98 Å². The molecule has 1 fully saturated rings. The first-order valence-corrected chi connectivity index (χ1v) is 7.82. The summed E-state index contributed by atoms with van der Waals surface area (Å²) in [6.07, 6.45) is 5.32. The fourth-order valence-electron chi connectivity index (χ4n) is 3.17. The fourth-order valence-corrected chi connectivity index (χ4v) is 4.28. The molecule has 1 aliphatic rings. The van der Waals surface area contributed by atoms with Gasteiger partial charge in [0, 0.05) is 6.42 Å². The van der Waals surface area contributed by atoms with Gasteiger partial charge in [-0.3, -0.25) is 0 Å². The molecule has 2 unspecified atom stereocenters. The largest absolute Gasteiger partial charge is 0.241 e. The molecule has 3 heteroatoms. The van der Waals surface area contributed by atoms with E-state index < -0.39 is 0 Å². The minimum atomic E-state index is -0.158. The molecular formula is C16H18N2S. The number of rotatable bonds is 3. The molecule has 2 atom stereocenters. The molecule has 2 aromatic rings. The van der Waals surface area contributed by atoms with Crippen LogP contribution in [0.25, 0.3) is 10.2 Å². The van der Waals surface area contributed by atoms with Crippen LogP contribution >= 0.6 is 11.3 Å². The molecule has 0 amide bonds. The van der Waals surface area contributed by atoms with Crippen molar-refractivity contribution in [3.63, 3.8) is 0 Å². The second-order valence-electron chi connectivity index (χ2n) is 5.66. The molecule has 1 aliphatic carbocycles. The standard InChI is InChI=1S/C16H18N2S/c1-2-12-7-8-16(9-12,11-17)10-15-18-13-5-3-4-6-14(13)19-15/h3-6,12H,2,7-10H2,1H3. The Kier molecular flexibility index (Phi) is 3.28. The van der Waals surface area contributed by atoms with E-state index in [-0.39, 0.29) is 5.41 Å². The molecule has 2 nitrogen and oxygen atoms in total. The Balaban J connectivity index is 1.85. The molecule has 1 aromatic heterocycles. The Morgan fingerprint density at radius 1 is 1.47 bits per heavy atom. The van der Waals surface area contributed by atoms with E-state index in [4.69, 9.17) is 0 Å². The Bertz CT molecular complexity index is 592. The number of aromatic nitrogens is 1. The predicted molar refractivity (Wildman–Crippen MR) is 79.0 cm³/mol. The monoisotopic (exact) mass is 270 g/mol. The number of fused-ring (bicyclic) bond motifs is 1. The van der Waals surface area contributed by atoms with Crippen LogP contribution < -0.4 is 0 Å². The molecule has 0 saturated heterocycles. The van der Waals surface area contributed by atoms with Gasteiger partial charge in [-0.1, -0.05) is 25.5 Å². The zero-order chi connectivity index (χ0) is 13.3. The molecule has 19 heavy (non-hydrogen) atoms. The summed E-state index contributed by atoms with van der Waals surface area (Å²) >= 11 is 1.74. The number of nitriles is 1. The SMILES string of the molecule is CCC1CCC(C#N)(Cc2nc3ccccc3s2)C1. The van der Waals surface area contributed by atoms with Crippen LogP contribution in [0.3, 0.4) is 0 Å². The summed E-state index contributed by atoms with van der Waals surface area (Å²) in [4.78, 5) is 4.69. The zero-order valence-corrected chi connectivity index (χ0v) is 12.0. The van der Waals surface area contributed by atoms with E-state index in [1.165, 1.54) is 17.5 Å². The third-order valence-electron chi connectivity index (χ3n) is 4.35. The fraction of sp³-hybridized carbons (Fsp3) is 0.500. The van der Waals surface area contributed by atoms with Gasteiger partial charge in [0.15, 0.2) is 0 Å². The second-order valence-corrected chi connectivity index (χ2v) is 6.78. The first-order chi connectivity index (χ1) is 9.24. The van der Waals surface area contributed by atoms with Crippen molar-refractivity contribution in [3.05, 3.63) is 29.3 Å². The summed E-state index contributed by atoms with van der Waals surface area (Å²) in [5, 5.41) is 10.7. The molecule has 0 N–H and O–H groups in total. The highest BCUT2D eigenvalue weighted by atomic mass is 32.1. The number of para-hydroxylation sites is 1. The molecule has 0 aliphatic heterocycles. The van der Waals surface area contributed by atoms with E-state index in [2.05, 4.69) is 30.1 Å². The number of benzene rings is 1. The van der Waals surface area contributed by atoms with Gasteiger partial charge < -0.3 is 0 Å². The summed E-state index contributed by atoms with van der Waals surface area (Å²) in [7, 11) is 0. The highest BCUT2D eigenvalue weighted by Crippen LogP contribution is 2.45. The van der Waals surface area contributed by atoms with E-state index >= 15 is 0 Å². The summed E-state index contributed by atoms with van der Waals surface area (Å²) in [6, 6.07) is 10.8. The minimum absolute atomic E-state index is 0.158. The third kappa shape index (κ3) is 2.37. The quantitative estimate of drug-likeness (QED) is 0.819. The lowest BCUT2D eigenvalue weighted by Crippen LogP contribution is -2.17. The number of thiazole rings is 1. The van der Waals surface area contributed by atoms with Crippen LogP contribution in [0.4, 0.5) is 0 Å². The Morgan fingerprint density at radius 3 is 3.00 bits per heavy atom. The number of nitrogens with zero attached hydrogens (tertiary/aromatic N) is 2. The average molecular weight is 270 g/mol. The molecule has 1 heterocycles. The van der Waals surface area contributed by atoms with E-state index in [9.17, 15) is 5.26 Å². The average Bonchev–Trinajstić information content (AvgIpc) is 3.02. The molecule has 3 rings (SSSR count). The summed E-state index contributed by atoms with van der Waals surface area (Å²) < 4.78 is 1.23. The first-order valence-electron chi connectivity index (χ1n) is 7.00. The van der Waals surface area contributed by atoms with Gasteiger partial charge in [0.25, 0.3) is 0 Å². The molecule has 0 bridgehead atoms. The van der Waals surface area contributed by atoms with Crippen LogP contribution in [0.1, 0.15) is 37.6 Å².